The quantitative estimate of drug-likeness (QED) is 0.135. The number of Topliss-reactive ketones (excluding diaryl/α,β-unsaturated/α-hetero) is 1. The van der Waals surface area contributed by atoms with E-state index in [-0.39, 0.29) is 35.0 Å². The summed E-state index contributed by atoms with van der Waals surface area (Å²) in [5.41, 5.74) is 0.857. The van der Waals surface area contributed by atoms with Crippen LogP contribution in [-0.2, 0) is 34.8 Å². The Labute approximate surface area is 346 Å². The molecule has 0 unspecified atom stereocenters. The number of nitrogens with one attached hydrogen (secondary N) is 3. The Morgan fingerprint density at radius 2 is 1.33 bits per heavy atom. The van der Waals surface area contributed by atoms with Crippen LogP contribution in [0.4, 0.5) is 0 Å². The zero-order chi connectivity index (χ0) is 41.9. The van der Waals surface area contributed by atoms with Gasteiger partial charge in [0, 0.05) is 19.4 Å². The molecule has 312 valence electrons. The molecule has 0 saturated carbocycles. The summed E-state index contributed by atoms with van der Waals surface area (Å²) in [6.45, 7) is 12.7. The lowest BCUT2D eigenvalue weighted by atomic mass is 9.93. The van der Waals surface area contributed by atoms with Crippen LogP contribution >= 0.6 is 0 Å². The minimum absolute atomic E-state index is 0.0255. The highest BCUT2D eigenvalue weighted by Gasteiger charge is 2.51. The van der Waals surface area contributed by atoms with Crippen molar-refractivity contribution < 1.29 is 28.4 Å². The van der Waals surface area contributed by atoms with Gasteiger partial charge in [0.15, 0.2) is 5.78 Å². The number of carbonyl (C=O) groups excluding carboxylic acids is 5. The molecule has 3 N–H and O–H groups in total. The Hall–Kier alpha value is -4.61. The van der Waals surface area contributed by atoms with Gasteiger partial charge in [0.1, 0.15) is 30.3 Å². The van der Waals surface area contributed by atoms with Crippen LogP contribution in [0.15, 0.2) is 91.0 Å². The molecule has 2 aliphatic heterocycles. The van der Waals surface area contributed by atoms with E-state index in [1.807, 2.05) is 87.5 Å². The zero-order valence-electron chi connectivity index (χ0n) is 35.3. The van der Waals surface area contributed by atoms with Gasteiger partial charge in [-0.3, -0.25) is 24.0 Å². The highest BCUT2D eigenvalue weighted by Crippen LogP contribution is 2.37. The maximum atomic E-state index is 14.1. The lowest BCUT2D eigenvalue weighted by molar-refractivity contribution is -0.147. The Morgan fingerprint density at radius 1 is 0.759 bits per heavy atom. The van der Waals surface area contributed by atoms with E-state index < -0.39 is 50.4 Å². The molecule has 6 atom stereocenters. The number of rotatable bonds is 15. The summed E-state index contributed by atoms with van der Waals surface area (Å²) in [7, 11) is -2.91. The third kappa shape index (κ3) is 10.7. The highest BCUT2D eigenvalue weighted by atomic mass is 28.4. The topological polar surface area (TPSA) is 134 Å². The van der Waals surface area contributed by atoms with E-state index in [1.165, 1.54) is 0 Å². The Morgan fingerprint density at radius 3 is 1.91 bits per heavy atom. The van der Waals surface area contributed by atoms with Crippen molar-refractivity contribution in [2.75, 3.05) is 6.54 Å². The second-order valence-corrected chi connectivity index (χ2v) is 21.5. The van der Waals surface area contributed by atoms with Gasteiger partial charge in [-0.15, -0.1) is 0 Å². The predicted molar refractivity (Wildman–Crippen MR) is 231 cm³/mol. The SMILES string of the molecule is CC[C@H](C)[C@@H]1NC(=O)[C@@H](Cc2ccccc2)NC(=O)[C@H](CCCCCC(=O)[C@@H](C)O[Si](c2ccccc2)(c2ccccc2)C(C)(C)C)NC(=O)[C@@H]2CCCCN2C1=O. The lowest BCUT2D eigenvalue weighted by Crippen LogP contribution is -2.68. The molecule has 3 aromatic carbocycles. The second kappa shape index (κ2) is 20.4. The Balaban J connectivity index is 1.29. The molecule has 3 aromatic rings. The van der Waals surface area contributed by atoms with Gasteiger partial charge in [-0.05, 0) is 65.9 Å². The summed E-state index contributed by atoms with van der Waals surface area (Å²) >= 11 is 0. The number of benzene rings is 3. The summed E-state index contributed by atoms with van der Waals surface area (Å²) in [4.78, 5) is 71.5. The minimum Gasteiger partial charge on any atom is -0.398 e. The summed E-state index contributed by atoms with van der Waals surface area (Å²) in [5, 5.41) is 10.9. The van der Waals surface area contributed by atoms with E-state index >= 15 is 0 Å². The monoisotopic (exact) mass is 808 g/mol. The molecule has 5 rings (SSSR count). The van der Waals surface area contributed by atoms with Gasteiger partial charge >= 0.3 is 0 Å². The molecule has 0 radical (unpaired) electrons. The molecule has 10 nitrogen and oxygen atoms in total. The number of carbonyl (C=O) groups is 5. The van der Waals surface area contributed by atoms with Crippen molar-refractivity contribution in [3.05, 3.63) is 96.6 Å². The molecule has 2 aliphatic rings. The second-order valence-electron chi connectivity index (χ2n) is 17.2. The summed E-state index contributed by atoms with van der Waals surface area (Å²) in [5.74, 6) is -1.64. The minimum atomic E-state index is -2.91. The standard InChI is InChI=1S/C47H64N4O6Si/c1-7-33(2)42-46(56)51-31-21-20-29-40(51)45(55)48-38(43(53)49-39(44(54)50-42)32-35-22-12-8-13-23-35)28-18-11-19-30-41(52)34(3)57-58(47(4,5)6,36-24-14-9-15-25-36)37-26-16-10-17-27-37/h8-10,12-17,22-27,33-34,38-40,42H,7,11,18-21,28-32H2,1-6H3,(H,48,55)(H,49,53)(H,50,54)/t33-,34+,38-,39+,40-,42-/m0/s1. The largest absolute Gasteiger partial charge is 0.398 e. The van der Waals surface area contributed by atoms with Crippen molar-refractivity contribution in [3.63, 3.8) is 0 Å². The third-order valence-corrected chi connectivity index (χ3v) is 17.2. The number of nitrogens with zero attached hydrogens (tertiary/aromatic N) is 1. The molecule has 0 spiro atoms. The highest BCUT2D eigenvalue weighted by molar-refractivity contribution is 6.99. The maximum Gasteiger partial charge on any atom is 0.262 e. The van der Waals surface area contributed by atoms with E-state index in [1.54, 1.807) is 4.90 Å². The lowest BCUT2D eigenvalue weighted by Gasteiger charge is -2.44. The van der Waals surface area contributed by atoms with Crippen LogP contribution in [0, 0.1) is 5.92 Å². The van der Waals surface area contributed by atoms with Crippen LogP contribution < -0.4 is 26.3 Å². The van der Waals surface area contributed by atoms with E-state index in [9.17, 15) is 24.0 Å². The van der Waals surface area contributed by atoms with Crippen molar-refractivity contribution in [2.45, 2.75) is 141 Å². The number of hydrogen-bond acceptors (Lipinski definition) is 6. The van der Waals surface area contributed by atoms with Crippen molar-refractivity contribution in [2.24, 2.45) is 5.92 Å². The van der Waals surface area contributed by atoms with Gasteiger partial charge in [0.05, 0.1) is 0 Å². The molecule has 4 amide bonds. The molecule has 2 fully saturated rings. The van der Waals surface area contributed by atoms with Gasteiger partial charge in [0.2, 0.25) is 23.6 Å². The molecule has 0 aliphatic carbocycles. The summed E-state index contributed by atoms with van der Waals surface area (Å²) in [6, 6.07) is 26.6. The third-order valence-electron chi connectivity index (χ3n) is 12.1. The fraction of sp³-hybridized carbons (Fsp3) is 0.511. The summed E-state index contributed by atoms with van der Waals surface area (Å²) < 4.78 is 7.05. The summed E-state index contributed by atoms with van der Waals surface area (Å²) in [6.07, 6.45) is 4.72. The fourth-order valence-electron chi connectivity index (χ4n) is 8.50. The normalized spacial score (nSPS) is 22.0. The molecule has 2 heterocycles. The van der Waals surface area contributed by atoms with Crippen LogP contribution in [0.5, 0.6) is 0 Å². The molecular formula is C47H64N4O6Si. The van der Waals surface area contributed by atoms with Crippen LogP contribution in [0.1, 0.15) is 105 Å². The van der Waals surface area contributed by atoms with Gasteiger partial charge in [-0.2, -0.15) is 0 Å². The van der Waals surface area contributed by atoms with Crippen molar-refractivity contribution in [1.29, 1.82) is 0 Å². The average Bonchev–Trinajstić information content (AvgIpc) is 3.23. The molecular weight excluding hydrogens is 745 g/mol. The molecule has 2 saturated heterocycles. The van der Waals surface area contributed by atoms with Crippen molar-refractivity contribution in [1.82, 2.24) is 20.9 Å². The van der Waals surface area contributed by atoms with Crippen molar-refractivity contribution in [3.8, 4) is 0 Å². The van der Waals surface area contributed by atoms with Crippen LogP contribution in [0.25, 0.3) is 0 Å². The van der Waals surface area contributed by atoms with E-state index in [2.05, 4.69) is 61.0 Å². The van der Waals surface area contributed by atoms with Gasteiger partial charge < -0.3 is 25.3 Å². The Kier molecular flexibility index (Phi) is 15.6. The first kappa shape index (κ1) is 44.5. The number of ketones is 1. The van der Waals surface area contributed by atoms with Gasteiger partial charge in [0.25, 0.3) is 8.32 Å². The number of piperidine rings is 1. The van der Waals surface area contributed by atoms with Crippen LogP contribution in [-0.4, -0.2) is 79.4 Å². The number of amides is 4. The van der Waals surface area contributed by atoms with E-state index in [4.69, 9.17) is 4.43 Å². The molecule has 0 bridgehead atoms. The number of fused-ring (bicyclic) bond motifs is 1. The van der Waals surface area contributed by atoms with E-state index in [0.717, 1.165) is 28.8 Å². The smallest absolute Gasteiger partial charge is 0.262 e. The van der Waals surface area contributed by atoms with E-state index in [0.29, 0.717) is 51.5 Å². The Bertz CT molecular complexity index is 1800. The van der Waals surface area contributed by atoms with Gasteiger partial charge in [-0.1, -0.05) is 145 Å². The molecule has 0 aromatic heterocycles. The number of unbranched alkanes of at least 4 members (excludes halogenated alkanes) is 2. The van der Waals surface area contributed by atoms with Crippen LogP contribution in [0.2, 0.25) is 5.04 Å². The first-order chi connectivity index (χ1) is 27.8. The molecule has 11 heteroatoms. The van der Waals surface area contributed by atoms with Crippen molar-refractivity contribution >= 4 is 48.1 Å². The number of hydrogen-bond donors (Lipinski definition) is 3. The molecule has 58 heavy (non-hydrogen) atoms. The zero-order valence-corrected chi connectivity index (χ0v) is 36.3. The van der Waals surface area contributed by atoms with Crippen LogP contribution in [0.3, 0.4) is 0 Å². The predicted octanol–water partition coefficient (Wildman–Crippen LogP) is 5.61. The maximum absolute atomic E-state index is 14.1. The fourth-order valence-corrected chi connectivity index (χ4v) is 13.2. The van der Waals surface area contributed by atoms with Gasteiger partial charge in [-0.25, -0.2) is 0 Å². The average molecular weight is 809 g/mol. The first-order valence-electron chi connectivity index (χ1n) is 21.3. The first-order valence-corrected chi connectivity index (χ1v) is 23.2.